The van der Waals surface area contributed by atoms with Crippen LogP contribution in [-0.2, 0) is 0 Å². The second-order valence-corrected chi connectivity index (χ2v) is 3.95. The molecular weight excluding hydrogens is 148 g/mol. The highest BCUT2D eigenvalue weighted by Gasteiger charge is 2.40. The van der Waals surface area contributed by atoms with Crippen LogP contribution < -0.4 is 5.32 Å². The van der Waals surface area contributed by atoms with Gasteiger partial charge in [0.2, 0.25) is 0 Å². The molecule has 1 aliphatic heterocycles. The van der Waals surface area contributed by atoms with Crippen LogP contribution in [0.4, 0.5) is 0 Å². The second-order valence-electron chi connectivity index (χ2n) is 3.95. The van der Waals surface area contributed by atoms with Gasteiger partial charge in [0.25, 0.3) is 0 Å². The van der Waals surface area contributed by atoms with Crippen LogP contribution in [0.2, 0.25) is 0 Å². The molecule has 0 aromatic heterocycles. The molecule has 0 saturated carbocycles. The zero-order chi connectivity index (χ0) is 9.19. The third kappa shape index (κ3) is 1.50. The van der Waals surface area contributed by atoms with Crippen LogP contribution in [0, 0.1) is 5.92 Å². The van der Waals surface area contributed by atoms with Gasteiger partial charge in [-0.25, -0.2) is 0 Å². The molecule has 0 aliphatic carbocycles. The fourth-order valence-corrected chi connectivity index (χ4v) is 2.30. The number of hydrogen-bond donors (Lipinski definition) is 1. The molecule has 1 aliphatic rings. The topological polar surface area (TPSA) is 15.3 Å². The Bertz CT molecular complexity index is 147. The zero-order valence-electron chi connectivity index (χ0n) is 8.85. The first-order chi connectivity index (χ1) is 5.65. The molecule has 2 unspecified atom stereocenters. The molecule has 1 N–H and O–H groups in total. The Morgan fingerprint density at radius 2 is 2.17 bits per heavy atom. The SMILES string of the molecule is CCNC1(C)C(C)CCN1CC. The standard InChI is InChI=1S/C10H22N2/c1-5-11-10(4)9(3)7-8-12(10)6-2/h9,11H,5-8H2,1-4H3. The lowest BCUT2D eigenvalue weighted by Gasteiger charge is -2.38. The molecule has 1 saturated heterocycles. The average Bonchev–Trinajstić information content (AvgIpc) is 2.30. The van der Waals surface area contributed by atoms with Gasteiger partial charge < -0.3 is 0 Å². The Morgan fingerprint density at radius 3 is 2.67 bits per heavy atom. The third-order valence-corrected chi connectivity index (χ3v) is 3.36. The smallest absolute Gasteiger partial charge is 0.0710 e. The lowest BCUT2D eigenvalue weighted by atomic mass is 9.97. The summed E-state index contributed by atoms with van der Waals surface area (Å²) in [4.78, 5) is 2.54. The lowest BCUT2D eigenvalue weighted by molar-refractivity contribution is 0.0946. The van der Waals surface area contributed by atoms with E-state index in [1.54, 1.807) is 0 Å². The summed E-state index contributed by atoms with van der Waals surface area (Å²) >= 11 is 0. The maximum Gasteiger partial charge on any atom is 0.0710 e. The summed E-state index contributed by atoms with van der Waals surface area (Å²) in [5.74, 6) is 0.775. The first kappa shape index (κ1) is 10.0. The molecule has 1 heterocycles. The zero-order valence-corrected chi connectivity index (χ0v) is 8.85. The molecule has 1 fully saturated rings. The van der Waals surface area contributed by atoms with E-state index in [9.17, 15) is 0 Å². The van der Waals surface area contributed by atoms with E-state index in [-0.39, 0.29) is 5.66 Å². The highest BCUT2D eigenvalue weighted by atomic mass is 15.3. The molecule has 0 bridgehead atoms. The van der Waals surface area contributed by atoms with E-state index in [0.717, 1.165) is 19.0 Å². The number of likely N-dealkylation sites (tertiary alicyclic amines) is 1. The highest BCUT2D eigenvalue weighted by Crippen LogP contribution is 2.31. The Hall–Kier alpha value is -0.0800. The van der Waals surface area contributed by atoms with Crippen molar-refractivity contribution in [3.05, 3.63) is 0 Å². The maximum atomic E-state index is 3.60. The van der Waals surface area contributed by atoms with Crippen LogP contribution in [0.1, 0.15) is 34.1 Å². The highest BCUT2D eigenvalue weighted by molar-refractivity contribution is 4.93. The van der Waals surface area contributed by atoms with E-state index in [1.165, 1.54) is 13.0 Å². The largest absolute Gasteiger partial charge is 0.299 e. The van der Waals surface area contributed by atoms with Crippen molar-refractivity contribution in [1.29, 1.82) is 0 Å². The van der Waals surface area contributed by atoms with Gasteiger partial charge >= 0.3 is 0 Å². The van der Waals surface area contributed by atoms with E-state index < -0.39 is 0 Å². The van der Waals surface area contributed by atoms with Crippen molar-refractivity contribution < 1.29 is 0 Å². The minimum atomic E-state index is 0.253. The molecule has 72 valence electrons. The fraction of sp³-hybridized carbons (Fsp3) is 1.00. The summed E-state index contributed by atoms with van der Waals surface area (Å²) in [5, 5.41) is 3.60. The summed E-state index contributed by atoms with van der Waals surface area (Å²) in [5.41, 5.74) is 0.253. The van der Waals surface area contributed by atoms with Crippen LogP contribution in [0.5, 0.6) is 0 Å². The van der Waals surface area contributed by atoms with Crippen LogP contribution in [-0.4, -0.2) is 30.2 Å². The van der Waals surface area contributed by atoms with E-state index in [0.29, 0.717) is 0 Å². The molecular formula is C10H22N2. The predicted molar refractivity (Wildman–Crippen MR) is 53.1 cm³/mol. The minimum absolute atomic E-state index is 0.253. The minimum Gasteiger partial charge on any atom is -0.299 e. The van der Waals surface area contributed by atoms with Crippen LogP contribution in [0.15, 0.2) is 0 Å². The molecule has 1 rings (SSSR count). The number of hydrogen-bond acceptors (Lipinski definition) is 2. The fourth-order valence-electron chi connectivity index (χ4n) is 2.30. The number of nitrogens with zero attached hydrogens (tertiary/aromatic N) is 1. The van der Waals surface area contributed by atoms with E-state index in [4.69, 9.17) is 0 Å². The molecule has 2 heteroatoms. The molecule has 2 atom stereocenters. The predicted octanol–water partition coefficient (Wildman–Crippen LogP) is 1.67. The molecule has 0 aromatic carbocycles. The van der Waals surface area contributed by atoms with Gasteiger partial charge in [-0.05, 0) is 32.4 Å². The summed E-state index contributed by atoms with van der Waals surface area (Å²) in [7, 11) is 0. The van der Waals surface area contributed by atoms with Gasteiger partial charge in [-0.15, -0.1) is 0 Å². The summed E-state index contributed by atoms with van der Waals surface area (Å²) < 4.78 is 0. The van der Waals surface area contributed by atoms with Crippen molar-refractivity contribution >= 4 is 0 Å². The summed E-state index contributed by atoms with van der Waals surface area (Å²) in [6, 6.07) is 0. The Kier molecular flexibility index (Phi) is 3.13. The van der Waals surface area contributed by atoms with Crippen LogP contribution in [0.25, 0.3) is 0 Å². The van der Waals surface area contributed by atoms with Gasteiger partial charge in [-0.2, -0.15) is 0 Å². The van der Waals surface area contributed by atoms with Gasteiger partial charge in [0.1, 0.15) is 0 Å². The average molecular weight is 170 g/mol. The van der Waals surface area contributed by atoms with Gasteiger partial charge in [0, 0.05) is 6.54 Å². The Balaban J connectivity index is 2.66. The van der Waals surface area contributed by atoms with Crippen molar-refractivity contribution in [3.63, 3.8) is 0 Å². The molecule has 12 heavy (non-hydrogen) atoms. The van der Waals surface area contributed by atoms with Crippen molar-refractivity contribution in [3.8, 4) is 0 Å². The van der Waals surface area contributed by atoms with Gasteiger partial charge in [0.05, 0.1) is 5.66 Å². The van der Waals surface area contributed by atoms with Crippen molar-refractivity contribution in [2.75, 3.05) is 19.6 Å². The summed E-state index contributed by atoms with van der Waals surface area (Å²) in [6.45, 7) is 12.6. The maximum absolute atomic E-state index is 3.60. The number of rotatable bonds is 3. The normalized spacial score (nSPS) is 37.5. The van der Waals surface area contributed by atoms with Crippen LogP contribution >= 0.6 is 0 Å². The Labute approximate surface area is 76.3 Å². The molecule has 2 nitrogen and oxygen atoms in total. The molecule has 0 spiro atoms. The monoisotopic (exact) mass is 170 g/mol. The first-order valence-electron chi connectivity index (χ1n) is 5.15. The first-order valence-corrected chi connectivity index (χ1v) is 5.15. The third-order valence-electron chi connectivity index (χ3n) is 3.36. The van der Waals surface area contributed by atoms with Gasteiger partial charge in [0.15, 0.2) is 0 Å². The molecule has 0 aromatic rings. The molecule has 0 radical (unpaired) electrons. The van der Waals surface area contributed by atoms with Crippen molar-refractivity contribution in [2.24, 2.45) is 5.92 Å². The van der Waals surface area contributed by atoms with Crippen molar-refractivity contribution in [1.82, 2.24) is 10.2 Å². The summed E-state index contributed by atoms with van der Waals surface area (Å²) in [6.07, 6.45) is 1.33. The Morgan fingerprint density at radius 1 is 1.50 bits per heavy atom. The van der Waals surface area contributed by atoms with E-state index >= 15 is 0 Å². The van der Waals surface area contributed by atoms with Crippen LogP contribution in [0.3, 0.4) is 0 Å². The van der Waals surface area contributed by atoms with E-state index in [1.807, 2.05) is 0 Å². The van der Waals surface area contributed by atoms with Crippen molar-refractivity contribution in [2.45, 2.75) is 39.8 Å². The van der Waals surface area contributed by atoms with Gasteiger partial charge in [-0.1, -0.05) is 20.8 Å². The van der Waals surface area contributed by atoms with E-state index in [2.05, 4.69) is 37.9 Å². The second kappa shape index (κ2) is 3.75. The molecule has 0 amide bonds. The lowest BCUT2D eigenvalue weighted by Crippen LogP contribution is -2.55. The quantitative estimate of drug-likeness (QED) is 0.693. The van der Waals surface area contributed by atoms with Gasteiger partial charge in [-0.3, -0.25) is 10.2 Å². The number of nitrogens with one attached hydrogen (secondary N) is 1.